The van der Waals surface area contributed by atoms with Crippen molar-refractivity contribution in [3.8, 4) is 0 Å². The summed E-state index contributed by atoms with van der Waals surface area (Å²) in [6.45, 7) is 3.43. The number of hydrogen-bond donors (Lipinski definition) is 2. The fourth-order valence-electron chi connectivity index (χ4n) is 1.95. The highest BCUT2D eigenvalue weighted by Crippen LogP contribution is 2.27. The zero-order valence-electron chi connectivity index (χ0n) is 8.79. The number of carbonyl (C=O) groups is 1. The molecule has 82 valence electrons. The second-order valence-corrected chi connectivity index (χ2v) is 4.25. The molecule has 0 amide bonds. The van der Waals surface area contributed by atoms with Gasteiger partial charge in [-0.2, -0.15) is 5.90 Å². The van der Waals surface area contributed by atoms with Crippen LogP contribution in [-0.2, 0) is 9.63 Å². The molecule has 0 bridgehead atoms. The van der Waals surface area contributed by atoms with Crippen LogP contribution < -0.4 is 11.2 Å². The van der Waals surface area contributed by atoms with E-state index in [2.05, 4.69) is 17.1 Å². The SMILES string of the molecule is CC1CCC(CNCC(=O)ON)CC1. The number of carbonyl (C=O) groups excluding carboxylic acids is 1. The van der Waals surface area contributed by atoms with Gasteiger partial charge in [0.05, 0.1) is 6.54 Å². The maximum Gasteiger partial charge on any atom is 0.338 e. The first-order valence-corrected chi connectivity index (χ1v) is 5.32. The highest BCUT2D eigenvalue weighted by Gasteiger charge is 2.17. The van der Waals surface area contributed by atoms with Gasteiger partial charge >= 0.3 is 5.97 Å². The molecule has 0 saturated heterocycles. The monoisotopic (exact) mass is 200 g/mol. The summed E-state index contributed by atoms with van der Waals surface area (Å²) in [6, 6.07) is 0. The van der Waals surface area contributed by atoms with Crippen molar-refractivity contribution in [2.45, 2.75) is 32.6 Å². The van der Waals surface area contributed by atoms with Crippen LogP contribution in [0.1, 0.15) is 32.6 Å². The Balaban J connectivity index is 2.04. The second kappa shape index (κ2) is 5.98. The van der Waals surface area contributed by atoms with E-state index in [1.807, 2.05) is 0 Å². The zero-order valence-corrected chi connectivity index (χ0v) is 8.79. The average Bonchev–Trinajstić information content (AvgIpc) is 2.21. The van der Waals surface area contributed by atoms with E-state index in [0.717, 1.165) is 18.4 Å². The van der Waals surface area contributed by atoms with Gasteiger partial charge in [0.1, 0.15) is 0 Å². The predicted molar refractivity (Wildman–Crippen MR) is 54.3 cm³/mol. The zero-order chi connectivity index (χ0) is 10.4. The molecule has 1 aliphatic carbocycles. The quantitative estimate of drug-likeness (QED) is 0.659. The van der Waals surface area contributed by atoms with Crippen molar-refractivity contribution in [2.75, 3.05) is 13.1 Å². The van der Waals surface area contributed by atoms with Crippen LogP contribution in [0.4, 0.5) is 0 Å². The maximum absolute atomic E-state index is 10.7. The summed E-state index contributed by atoms with van der Waals surface area (Å²) in [5.74, 6) is 5.92. The van der Waals surface area contributed by atoms with Gasteiger partial charge in [-0.3, -0.25) is 0 Å². The summed E-state index contributed by atoms with van der Waals surface area (Å²) < 4.78 is 0. The maximum atomic E-state index is 10.7. The van der Waals surface area contributed by atoms with Crippen LogP contribution in [0.25, 0.3) is 0 Å². The molecular weight excluding hydrogens is 180 g/mol. The van der Waals surface area contributed by atoms with Gasteiger partial charge in [0, 0.05) is 0 Å². The van der Waals surface area contributed by atoms with E-state index >= 15 is 0 Å². The topological polar surface area (TPSA) is 64.3 Å². The lowest BCUT2D eigenvalue weighted by Crippen LogP contribution is -2.32. The number of rotatable bonds is 4. The fourth-order valence-corrected chi connectivity index (χ4v) is 1.95. The summed E-state index contributed by atoms with van der Waals surface area (Å²) in [6.07, 6.45) is 5.17. The Kier molecular flexibility index (Phi) is 4.90. The third-order valence-electron chi connectivity index (χ3n) is 2.97. The highest BCUT2D eigenvalue weighted by molar-refractivity contribution is 5.71. The molecule has 0 aromatic rings. The molecule has 1 aliphatic rings. The molecule has 0 unspecified atom stereocenters. The standard InChI is InChI=1S/C10H20N2O2/c1-8-2-4-9(5-3-8)6-12-7-10(13)14-11/h8-9,12H,2-7,11H2,1H3. The molecule has 0 radical (unpaired) electrons. The molecule has 1 fully saturated rings. The molecule has 0 aromatic heterocycles. The lowest BCUT2D eigenvalue weighted by atomic mass is 9.83. The van der Waals surface area contributed by atoms with Crippen LogP contribution in [0.5, 0.6) is 0 Å². The molecule has 4 nitrogen and oxygen atoms in total. The van der Waals surface area contributed by atoms with Crippen molar-refractivity contribution in [3.05, 3.63) is 0 Å². The first-order valence-electron chi connectivity index (χ1n) is 5.32. The lowest BCUT2D eigenvalue weighted by Gasteiger charge is -2.26. The molecule has 0 spiro atoms. The van der Waals surface area contributed by atoms with Crippen LogP contribution in [0, 0.1) is 11.8 Å². The van der Waals surface area contributed by atoms with Crippen LogP contribution in [0.15, 0.2) is 0 Å². The van der Waals surface area contributed by atoms with Crippen LogP contribution in [-0.4, -0.2) is 19.1 Å². The Labute approximate surface area is 85.1 Å². The van der Waals surface area contributed by atoms with Crippen molar-refractivity contribution < 1.29 is 9.63 Å². The number of nitrogens with two attached hydrogens (primary N) is 1. The summed E-state index contributed by atoms with van der Waals surface area (Å²) in [5, 5.41) is 3.07. The lowest BCUT2D eigenvalue weighted by molar-refractivity contribution is -0.143. The van der Waals surface area contributed by atoms with Gasteiger partial charge in [0.15, 0.2) is 0 Å². The average molecular weight is 200 g/mol. The van der Waals surface area contributed by atoms with E-state index in [0.29, 0.717) is 0 Å². The van der Waals surface area contributed by atoms with Gasteiger partial charge in [-0.1, -0.05) is 19.8 Å². The minimum atomic E-state index is -0.394. The fraction of sp³-hybridized carbons (Fsp3) is 0.900. The van der Waals surface area contributed by atoms with Crippen LogP contribution in [0.2, 0.25) is 0 Å². The van der Waals surface area contributed by atoms with Crippen molar-refractivity contribution >= 4 is 5.97 Å². The summed E-state index contributed by atoms with van der Waals surface area (Å²) >= 11 is 0. The van der Waals surface area contributed by atoms with Crippen molar-refractivity contribution in [2.24, 2.45) is 17.7 Å². The molecule has 0 aromatic carbocycles. The van der Waals surface area contributed by atoms with Crippen LogP contribution >= 0.6 is 0 Å². The minimum Gasteiger partial charge on any atom is -0.372 e. The van der Waals surface area contributed by atoms with Gasteiger partial charge < -0.3 is 10.2 Å². The second-order valence-electron chi connectivity index (χ2n) is 4.25. The Hall–Kier alpha value is -0.610. The Morgan fingerprint density at radius 2 is 2.07 bits per heavy atom. The molecule has 0 atom stereocenters. The Morgan fingerprint density at radius 1 is 1.43 bits per heavy atom. The third-order valence-corrected chi connectivity index (χ3v) is 2.97. The smallest absolute Gasteiger partial charge is 0.338 e. The predicted octanol–water partition coefficient (Wildman–Crippen LogP) is 0.819. The van der Waals surface area contributed by atoms with Gasteiger partial charge in [-0.05, 0) is 31.2 Å². The Bertz CT molecular complexity index is 177. The molecule has 0 aliphatic heterocycles. The largest absolute Gasteiger partial charge is 0.372 e. The molecule has 4 heteroatoms. The van der Waals surface area contributed by atoms with E-state index in [1.54, 1.807) is 0 Å². The first-order chi connectivity index (χ1) is 6.72. The molecule has 0 heterocycles. The first kappa shape index (κ1) is 11.5. The summed E-state index contributed by atoms with van der Waals surface area (Å²) in [5.41, 5.74) is 0. The van der Waals surface area contributed by atoms with E-state index in [-0.39, 0.29) is 6.54 Å². The van der Waals surface area contributed by atoms with E-state index in [1.165, 1.54) is 25.7 Å². The number of nitrogens with one attached hydrogen (secondary N) is 1. The number of hydrogen-bond acceptors (Lipinski definition) is 4. The van der Waals surface area contributed by atoms with Crippen molar-refractivity contribution in [1.82, 2.24) is 5.32 Å². The Morgan fingerprint density at radius 3 is 2.64 bits per heavy atom. The van der Waals surface area contributed by atoms with Crippen LogP contribution in [0.3, 0.4) is 0 Å². The van der Waals surface area contributed by atoms with E-state index in [4.69, 9.17) is 5.90 Å². The van der Waals surface area contributed by atoms with E-state index < -0.39 is 5.97 Å². The third kappa shape index (κ3) is 4.07. The van der Waals surface area contributed by atoms with Crippen molar-refractivity contribution in [3.63, 3.8) is 0 Å². The van der Waals surface area contributed by atoms with Gasteiger partial charge in [0.2, 0.25) is 0 Å². The van der Waals surface area contributed by atoms with Crippen molar-refractivity contribution in [1.29, 1.82) is 0 Å². The molecule has 3 N–H and O–H groups in total. The van der Waals surface area contributed by atoms with Gasteiger partial charge in [-0.25, -0.2) is 4.79 Å². The van der Waals surface area contributed by atoms with Gasteiger partial charge in [0.25, 0.3) is 0 Å². The highest BCUT2D eigenvalue weighted by atomic mass is 16.7. The van der Waals surface area contributed by atoms with E-state index in [9.17, 15) is 4.79 Å². The molecule has 1 saturated carbocycles. The summed E-state index contributed by atoms with van der Waals surface area (Å²) in [7, 11) is 0. The normalized spacial score (nSPS) is 27.3. The molecular formula is C10H20N2O2. The molecule has 14 heavy (non-hydrogen) atoms. The summed E-state index contributed by atoms with van der Waals surface area (Å²) in [4.78, 5) is 14.8. The minimum absolute atomic E-state index is 0.225. The molecule has 1 rings (SSSR count). The van der Waals surface area contributed by atoms with Gasteiger partial charge in [-0.15, -0.1) is 0 Å².